The first kappa shape index (κ1) is 27.9. The van der Waals surface area contributed by atoms with Crippen molar-refractivity contribution in [2.45, 2.75) is 18.8 Å². The van der Waals surface area contributed by atoms with Crippen molar-refractivity contribution in [1.82, 2.24) is 4.57 Å². The van der Waals surface area contributed by atoms with Gasteiger partial charge in [-0.3, -0.25) is 4.99 Å². The van der Waals surface area contributed by atoms with E-state index in [1.807, 2.05) is 0 Å². The molecule has 0 amide bonds. The zero-order valence-electron chi connectivity index (χ0n) is 26.9. The highest BCUT2D eigenvalue weighted by molar-refractivity contribution is 6.13. The fraction of sp³-hybridized carbons (Fsp3) is 0.0652. The standard InChI is InChI=1S/C46H32N2O/c1-2-11-31(12-3-1)35-27-25-32-13-4-7-17-40(32)47-45(35)33-23-21-30(22-24-33)34-26-28-38-39-16-10-20-43(46(39)49-44(38)29-34)48-41-18-8-5-14-36(41)37-15-6-9-19-42(37)48/h1-24,26,28-29,35H,25,27H2. The molecule has 0 radical (unpaired) electrons. The fourth-order valence-electron chi connectivity index (χ4n) is 7.91. The summed E-state index contributed by atoms with van der Waals surface area (Å²) in [5, 5.41) is 4.72. The minimum Gasteiger partial charge on any atom is -0.454 e. The summed E-state index contributed by atoms with van der Waals surface area (Å²) in [7, 11) is 0. The van der Waals surface area contributed by atoms with Crippen molar-refractivity contribution in [2.75, 3.05) is 0 Å². The largest absolute Gasteiger partial charge is 0.454 e. The second kappa shape index (κ2) is 11.2. The highest BCUT2D eigenvalue weighted by Gasteiger charge is 2.24. The Morgan fingerprint density at radius 1 is 0.531 bits per heavy atom. The van der Waals surface area contributed by atoms with Gasteiger partial charge >= 0.3 is 0 Å². The number of aryl methyl sites for hydroxylation is 1. The molecule has 3 nitrogen and oxygen atoms in total. The summed E-state index contributed by atoms with van der Waals surface area (Å²) in [4.78, 5) is 5.30. The summed E-state index contributed by atoms with van der Waals surface area (Å²) >= 11 is 0. The summed E-state index contributed by atoms with van der Waals surface area (Å²) < 4.78 is 9.10. The van der Waals surface area contributed by atoms with Crippen LogP contribution in [0.4, 0.5) is 5.69 Å². The highest BCUT2D eigenvalue weighted by Crippen LogP contribution is 2.40. The number of aromatic nitrogens is 1. The Hall–Kier alpha value is -6.19. The molecule has 3 heterocycles. The van der Waals surface area contributed by atoms with E-state index >= 15 is 0 Å². The quantitative estimate of drug-likeness (QED) is 0.191. The molecule has 0 bridgehead atoms. The maximum Gasteiger partial charge on any atom is 0.159 e. The Labute approximate surface area is 284 Å². The highest BCUT2D eigenvalue weighted by atomic mass is 16.3. The van der Waals surface area contributed by atoms with E-state index in [1.54, 1.807) is 0 Å². The molecule has 1 atom stereocenters. The van der Waals surface area contributed by atoms with Crippen LogP contribution in [0.1, 0.15) is 29.0 Å². The fourth-order valence-corrected chi connectivity index (χ4v) is 7.91. The molecule has 0 spiro atoms. The maximum absolute atomic E-state index is 6.76. The number of fused-ring (bicyclic) bond motifs is 7. The van der Waals surface area contributed by atoms with Crippen molar-refractivity contribution in [1.29, 1.82) is 0 Å². The number of aliphatic imine (C=N–C) groups is 1. The van der Waals surface area contributed by atoms with Crippen LogP contribution in [0.2, 0.25) is 0 Å². The average Bonchev–Trinajstić information content (AvgIpc) is 3.63. The third-order valence-electron chi connectivity index (χ3n) is 10.3. The van der Waals surface area contributed by atoms with Crippen molar-refractivity contribution in [3.05, 3.63) is 180 Å². The van der Waals surface area contributed by atoms with E-state index in [4.69, 9.17) is 9.41 Å². The summed E-state index contributed by atoms with van der Waals surface area (Å²) in [6.45, 7) is 0. The summed E-state index contributed by atoms with van der Waals surface area (Å²) in [6, 6.07) is 58.6. The molecule has 0 saturated heterocycles. The van der Waals surface area contributed by atoms with Crippen LogP contribution in [-0.2, 0) is 6.42 Å². The number of hydrogen-bond donors (Lipinski definition) is 0. The molecule has 10 rings (SSSR count). The van der Waals surface area contributed by atoms with E-state index in [0.29, 0.717) is 0 Å². The third-order valence-corrected chi connectivity index (χ3v) is 10.3. The molecule has 49 heavy (non-hydrogen) atoms. The van der Waals surface area contributed by atoms with E-state index in [2.05, 4.69) is 168 Å². The Bertz CT molecular complexity index is 2660. The Morgan fingerprint density at radius 2 is 1.18 bits per heavy atom. The number of furan rings is 1. The molecule has 0 saturated carbocycles. The number of benzene rings is 7. The van der Waals surface area contributed by atoms with Gasteiger partial charge in [0.2, 0.25) is 0 Å². The topological polar surface area (TPSA) is 30.4 Å². The predicted molar refractivity (Wildman–Crippen MR) is 204 cm³/mol. The molecule has 3 heteroatoms. The van der Waals surface area contributed by atoms with Gasteiger partial charge in [-0.2, -0.15) is 0 Å². The second-order valence-electron chi connectivity index (χ2n) is 13.0. The lowest BCUT2D eigenvalue weighted by atomic mass is 9.85. The molecule has 1 aliphatic rings. The predicted octanol–water partition coefficient (Wildman–Crippen LogP) is 12.2. The van der Waals surface area contributed by atoms with Crippen LogP contribution < -0.4 is 0 Å². The Kier molecular flexibility index (Phi) is 6.38. The van der Waals surface area contributed by atoms with Crippen LogP contribution in [0.15, 0.2) is 173 Å². The summed E-state index contributed by atoms with van der Waals surface area (Å²) in [6.07, 6.45) is 2.04. The van der Waals surface area contributed by atoms with Crippen molar-refractivity contribution in [3.63, 3.8) is 0 Å². The van der Waals surface area contributed by atoms with Gasteiger partial charge in [-0.1, -0.05) is 127 Å². The first-order valence-corrected chi connectivity index (χ1v) is 17.1. The van der Waals surface area contributed by atoms with Crippen molar-refractivity contribution < 1.29 is 4.42 Å². The van der Waals surface area contributed by atoms with Gasteiger partial charge in [0.15, 0.2) is 5.58 Å². The van der Waals surface area contributed by atoms with Crippen LogP contribution in [0, 0.1) is 0 Å². The molecule has 232 valence electrons. The average molecular weight is 629 g/mol. The first-order valence-electron chi connectivity index (χ1n) is 17.1. The van der Waals surface area contributed by atoms with Crippen LogP contribution in [0.25, 0.3) is 60.6 Å². The molecular formula is C46H32N2O. The normalized spacial score (nSPS) is 14.7. The van der Waals surface area contributed by atoms with E-state index in [-0.39, 0.29) is 5.92 Å². The Morgan fingerprint density at radius 3 is 1.98 bits per heavy atom. The number of rotatable bonds is 4. The van der Waals surface area contributed by atoms with Gasteiger partial charge in [-0.15, -0.1) is 0 Å². The van der Waals surface area contributed by atoms with E-state index in [9.17, 15) is 0 Å². The number of hydrogen-bond acceptors (Lipinski definition) is 2. The van der Waals surface area contributed by atoms with Gasteiger partial charge < -0.3 is 8.98 Å². The van der Waals surface area contributed by atoms with Gasteiger partial charge in [0.25, 0.3) is 0 Å². The van der Waals surface area contributed by atoms with Crippen molar-refractivity contribution in [3.8, 4) is 16.8 Å². The summed E-state index contributed by atoms with van der Waals surface area (Å²) in [5.74, 6) is 0.232. The first-order chi connectivity index (χ1) is 24.3. The van der Waals surface area contributed by atoms with Crippen LogP contribution in [0.5, 0.6) is 0 Å². The monoisotopic (exact) mass is 628 g/mol. The molecule has 9 aromatic rings. The van der Waals surface area contributed by atoms with Crippen LogP contribution in [0.3, 0.4) is 0 Å². The molecule has 1 aliphatic heterocycles. The Balaban J connectivity index is 1.06. The van der Waals surface area contributed by atoms with Gasteiger partial charge in [0.05, 0.1) is 28.1 Å². The number of nitrogens with zero attached hydrogens (tertiary/aromatic N) is 2. The van der Waals surface area contributed by atoms with Crippen LogP contribution in [-0.4, -0.2) is 10.3 Å². The lowest BCUT2D eigenvalue weighted by Crippen LogP contribution is -2.14. The number of para-hydroxylation sites is 4. The second-order valence-corrected chi connectivity index (χ2v) is 13.0. The van der Waals surface area contributed by atoms with E-state index in [1.165, 1.54) is 32.9 Å². The lowest BCUT2D eigenvalue weighted by Gasteiger charge is -2.19. The molecule has 7 aromatic carbocycles. The maximum atomic E-state index is 6.76. The summed E-state index contributed by atoms with van der Waals surface area (Å²) in [5.41, 5.74) is 13.5. The van der Waals surface area contributed by atoms with Crippen LogP contribution >= 0.6 is 0 Å². The van der Waals surface area contributed by atoms with Gasteiger partial charge in [0.1, 0.15) is 5.58 Å². The molecule has 0 fully saturated rings. The molecule has 2 aromatic heterocycles. The van der Waals surface area contributed by atoms with E-state index in [0.717, 1.165) is 68.6 Å². The van der Waals surface area contributed by atoms with Gasteiger partial charge in [0, 0.05) is 27.5 Å². The third kappa shape index (κ3) is 4.54. The van der Waals surface area contributed by atoms with E-state index < -0.39 is 0 Å². The molecule has 1 unspecified atom stereocenters. The SMILES string of the molecule is c1ccc(C2CCc3ccccc3N=C2c2ccc(-c3ccc4c(c3)oc3c(-n5c6ccccc6c6ccccc65)cccc34)cc2)cc1. The van der Waals surface area contributed by atoms with Gasteiger partial charge in [-0.05, 0) is 77.1 Å². The van der Waals surface area contributed by atoms with Gasteiger partial charge in [-0.25, -0.2) is 0 Å². The molecular weight excluding hydrogens is 597 g/mol. The minimum atomic E-state index is 0.232. The van der Waals surface area contributed by atoms with Crippen molar-refractivity contribution in [2.24, 2.45) is 4.99 Å². The minimum absolute atomic E-state index is 0.232. The zero-order chi connectivity index (χ0) is 32.3. The lowest BCUT2D eigenvalue weighted by molar-refractivity contribution is 0.666. The smallest absolute Gasteiger partial charge is 0.159 e. The molecule has 0 N–H and O–H groups in total. The van der Waals surface area contributed by atoms with Crippen molar-refractivity contribution >= 4 is 55.1 Å². The molecule has 0 aliphatic carbocycles. The zero-order valence-corrected chi connectivity index (χ0v) is 26.9.